The number of hydrogen-bond acceptors (Lipinski definition) is 3. The van der Waals surface area contributed by atoms with Crippen molar-refractivity contribution in [1.29, 1.82) is 0 Å². The lowest BCUT2D eigenvalue weighted by Gasteiger charge is -2.24. The zero-order valence-corrected chi connectivity index (χ0v) is 15.5. The van der Waals surface area contributed by atoms with Gasteiger partial charge >= 0.3 is 0 Å². The molecule has 0 radical (unpaired) electrons. The number of nitrogens with zero attached hydrogens (tertiary/aromatic N) is 2. The number of benzene rings is 2. The van der Waals surface area contributed by atoms with E-state index < -0.39 is 11.6 Å². The summed E-state index contributed by atoms with van der Waals surface area (Å²) in [5.41, 5.74) is 1.76. The van der Waals surface area contributed by atoms with Gasteiger partial charge in [-0.3, -0.25) is 4.79 Å². The van der Waals surface area contributed by atoms with Crippen molar-refractivity contribution in [1.82, 2.24) is 4.90 Å². The minimum Gasteiger partial charge on any atom is -0.390 e. The number of halogens is 3. The van der Waals surface area contributed by atoms with E-state index in [0.717, 1.165) is 11.6 Å². The molecule has 0 saturated heterocycles. The second-order valence-corrected chi connectivity index (χ2v) is 6.72. The highest BCUT2D eigenvalue weighted by Crippen LogP contribution is 2.24. The van der Waals surface area contributed by atoms with Crippen LogP contribution >= 0.6 is 11.6 Å². The predicted octanol–water partition coefficient (Wildman–Crippen LogP) is 4.55. The zero-order chi connectivity index (χ0) is 19.4. The molecule has 2 aromatic carbocycles. The Bertz CT molecular complexity index is 873. The summed E-state index contributed by atoms with van der Waals surface area (Å²) >= 11 is 6.19. The molecule has 0 spiro atoms. The van der Waals surface area contributed by atoms with E-state index >= 15 is 0 Å². The van der Waals surface area contributed by atoms with Crippen LogP contribution in [0.3, 0.4) is 0 Å². The van der Waals surface area contributed by atoms with Gasteiger partial charge in [-0.1, -0.05) is 47.9 Å². The van der Waals surface area contributed by atoms with E-state index in [1.165, 1.54) is 17.0 Å². The van der Waals surface area contributed by atoms with Gasteiger partial charge in [0, 0.05) is 41.6 Å². The summed E-state index contributed by atoms with van der Waals surface area (Å²) in [5.74, 6) is -1.47. The second kappa shape index (κ2) is 8.48. The standard InChI is InChI=1S/C20H19ClF2N2O2/c1-2-20(26)25(11-13-7-8-14(22)9-18(13)23)12-15-10-19(24-27-15)16-5-3-4-6-17(16)21/h3-9,15H,2,10-12H2,1H3/t15-/m1/s1. The first-order chi connectivity index (χ1) is 13.0. The lowest BCUT2D eigenvalue weighted by Crippen LogP contribution is -2.37. The highest BCUT2D eigenvalue weighted by atomic mass is 35.5. The molecule has 0 N–H and O–H groups in total. The number of carbonyl (C=O) groups is 1. The van der Waals surface area contributed by atoms with E-state index in [-0.39, 0.29) is 37.1 Å². The molecule has 0 unspecified atom stereocenters. The van der Waals surface area contributed by atoms with Gasteiger partial charge in [-0.15, -0.1) is 0 Å². The normalized spacial score (nSPS) is 16.0. The predicted molar refractivity (Wildman–Crippen MR) is 99.5 cm³/mol. The summed E-state index contributed by atoms with van der Waals surface area (Å²) < 4.78 is 27.1. The Hall–Kier alpha value is -2.47. The average Bonchev–Trinajstić information content (AvgIpc) is 3.11. The van der Waals surface area contributed by atoms with E-state index in [4.69, 9.17) is 16.4 Å². The van der Waals surface area contributed by atoms with E-state index in [2.05, 4.69) is 5.16 Å². The molecule has 7 heteroatoms. The maximum absolute atomic E-state index is 14.0. The zero-order valence-electron chi connectivity index (χ0n) is 14.8. The summed E-state index contributed by atoms with van der Waals surface area (Å²) in [7, 11) is 0. The summed E-state index contributed by atoms with van der Waals surface area (Å²) in [5, 5.41) is 4.67. The minimum atomic E-state index is -0.677. The van der Waals surface area contributed by atoms with Crippen molar-refractivity contribution in [3.05, 3.63) is 70.2 Å². The molecule has 142 valence electrons. The van der Waals surface area contributed by atoms with Gasteiger partial charge in [-0.05, 0) is 12.1 Å². The third-order valence-electron chi connectivity index (χ3n) is 4.37. The van der Waals surface area contributed by atoms with Gasteiger partial charge in [0.25, 0.3) is 0 Å². The maximum atomic E-state index is 14.0. The Morgan fingerprint density at radius 2 is 2.07 bits per heavy atom. The van der Waals surface area contributed by atoms with Crippen molar-refractivity contribution in [3.63, 3.8) is 0 Å². The van der Waals surface area contributed by atoms with E-state index in [0.29, 0.717) is 17.2 Å². The van der Waals surface area contributed by atoms with Crippen molar-refractivity contribution in [3.8, 4) is 0 Å². The molecular formula is C20H19ClF2N2O2. The molecule has 1 aliphatic rings. The van der Waals surface area contributed by atoms with Gasteiger partial charge < -0.3 is 9.74 Å². The average molecular weight is 393 g/mol. The van der Waals surface area contributed by atoms with Gasteiger partial charge in [0.05, 0.1) is 12.3 Å². The molecule has 1 amide bonds. The first kappa shape index (κ1) is 19.3. The third-order valence-corrected chi connectivity index (χ3v) is 4.70. The van der Waals surface area contributed by atoms with Gasteiger partial charge in [0.1, 0.15) is 11.6 Å². The Morgan fingerprint density at radius 1 is 1.30 bits per heavy atom. The number of amides is 1. The molecule has 0 aromatic heterocycles. The van der Waals surface area contributed by atoms with Crippen LogP contribution in [0.1, 0.15) is 30.9 Å². The van der Waals surface area contributed by atoms with Crippen LogP contribution in [0.25, 0.3) is 0 Å². The fourth-order valence-electron chi connectivity index (χ4n) is 2.96. The number of rotatable bonds is 6. The van der Waals surface area contributed by atoms with Gasteiger partial charge in [0.15, 0.2) is 6.10 Å². The summed E-state index contributed by atoms with van der Waals surface area (Å²) in [6.07, 6.45) is 0.409. The number of oxime groups is 1. The van der Waals surface area contributed by atoms with Crippen LogP contribution < -0.4 is 0 Å². The number of hydrogen-bond donors (Lipinski definition) is 0. The molecule has 1 heterocycles. The Balaban J connectivity index is 1.69. The summed E-state index contributed by atoms with van der Waals surface area (Å²) in [6.45, 7) is 2.03. The molecule has 1 aliphatic heterocycles. The van der Waals surface area contributed by atoms with Crippen molar-refractivity contribution in [2.45, 2.75) is 32.4 Å². The molecule has 0 bridgehead atoms. The van der Waals surface area contributed by atoms with Crippen LogP contribution in [0.5, 0.6) is 0 Å². The first-order valence-electron chi connectivity index (χ1n) is 8.67. The Morgan fingerprint density at radius 3 is 2.78 bits per heavy atom. The number of carbonyl (C=O) groups excluding carboxylic acids is 1. The minimum absolute atomic E-state index is 0.0417. The Kier molecular flexibility index (Phi) is 6.06. The third kappa shape index (κ3) is 4.63. The highest BCUT2D eigenvalue weighted by Gasteiger charge is 2.27. The molecule has 1 atom stereocenters. The van der Waals surface area contributed by atoms with Crippen LogP contribution in [0.15, 0.2) is 47.6 Å². The largest absolute Gasteiger partial charge is 0.390 e. The van der Waals surface area contributed by atoms with Crippen molar-refractivity contribution in [2.24, 2.45) is 5.16 Å². The van der Waals surface area contributed by atoms with Gasteiger partial charge in [0.2, 0.25) is 5.91 Å². The van der Waals surface area contributed by atoms with E-state index in [1.54, 1.807) is 13.0 Å². The lowest BCUT2D eigenvalue weighted by atomic mass is 10.0. The quantitative estimate of drug-likeness (QED) is 0.723. The van der Waals surface area contributed by atoms with Gasteiger partial charge in [-0.25, -0.2) is 8.78 Å². The summed E-state index contributed by atoms with van der Waals surface area (Å²) in [4.78, 5) is 19.3. The van der Waals surface area contributed by atoms with Crippen LogP contribution in [0.2, 0.25) is 5.02 Å². The maximum Gasteiger partial charge on any atom is 0.222 e. The molecule has 2 aromatic rings. The first-order valence-corrected chi connectivity index (χ1v) is 9.05. The molecule has 0 saturated carbocycles. The molecule has 0 fully saturated rings. The van der Waals surface area contributed by atoms with Crippen LogP contribution in [-0.2, 0) is 16.2 Å². The molecule has 4 nitrogen and oxygen atoms in total. The van der Waals surface area contributed by atoms with Gasteiger partial charge in [-0.2, -0.15) is 0 Å². The monoisotopic (exact) mass is 392 g/mol. The van der Waals surface area contributed by atoms with Crippen LogP contribution in [0.4, 0.5) is 8.78 Å². The summed E-state index contributed by atoms with van der Waals surface area (Å²) in [6, 6.07) is 10.7. The molecule has 27 heavy (non-hydrogen) atoms. The van der Waals surface area contributed by atoms with E-state index in [9.17, 15) is 13.6 Å². The van der Waals surface area contributed by atoms with Crippen molar-refractivity contribution in [2.75, 3.05) is 6.54 Å². The fraction of sp³-hybridized carbons (Fsp3) is 0.300. The smallest absolute Gasteiger partial charge is 0.222 e. The molecule has 0 aliphatic carbocycles. The topological polar surface area (TPSA) is 41.9 Å². The SMILES string of the molecule is CCC(=O)N(Cc1ccc(F)cc1F)C[C@H]1CC(c2ccccc2Cl)=NO1. The van der Waals surface area contributed by atoms with E-state index in [1.807, 2.05) is 18.2 Å². The molecule has 3 rings (SSSR count). The lowest BCUT2D eigenvalue weighted by molar-refractivity contribution is -0.133. The highest BCUT2D eigenvalue weighted by molar-refractivity contribution is 6.34. The Labute approximate surface area is 161 Å². The van der Waals surface area contributed by atoms with Crippen LogP contribution in [0, 0.1) is 11.6 Å². The molecular weight excluding hydrogens is 374 g/mol. The second-order valence-electron chi connectivity index (χ2n) is 6.31. The van der Waals surface area contributed by atoms with Crippen LogP contribution in [-0.4, -0.2) is 29.2 Å². The fourth-order valence-corrected chi connectivity index (χ4v) is 3.20. The van der Waals surface area contributed by atoms with Crippen molar-refractivity contribution < 1.29 is 18.4 Å². The van der Waals surface area contributed by atoms with Crippen molar-refractivity contribution >= 4 is 23.2 Å².